The maximum atomic E-state index is 13.3. The van der Waals surface area contributed by atoms with Crippen LogP contribution < -0.4 is 4.74 Å². The number of benzene rings is 2. The molecule has 1 aliphatic rings. The SMILES string of the molecule is COc1cccc([C@@H]2C(=C(O)c3ccc(F)cc3)C(=O)C(=O)N2CCCN(C)C)c1. The number of ketones is 1. The number of amides is 1. The Labute approximate surface area is 175 Å². The van der Waals surface area contributed by atoms with E-state index in [4.69, 9.17) is 4.74 Å². The summed E-state index contributed by atoms with van der Waals surface area (Å²) in [5.74, 6) is -1.62. The summed E-state index contributed by atoms with van der Waals surface area (Å²) in [4.78, 5) is 29.2. The second-order valence-corrected chi connectivity index (χ2v) is 7.43. The monoisotopic (exact) mass is 412 g/mol. The standard InChI is InChI=1S/C23H25FN2O4/c1-25(2)12-5-13-26-20(16-6-4-7-18(14-16)30-3)19(22(28)23(26)29)21(27)15-8-10-17(24)11-9-15/h4,6-11,14,20,27H,5,12-13H2,1-3H3/t20-/m1/s1. The molecule has 0 aliphatic carbocycles. The van der Waals surface area contributed by atoms with Crippen LogP contribution in [-0.2, 0) is 9.59 Å². The highest BCUT2D eigenvalue weighted by Gasteiger charge is 2.45. The molecule has 1 heterocycles. The lowest BCUT2D eigenvalue weighted by Gasteiger charge is -2.26. The van der Waals surface area contributed by atoms with Gasteiger partial charge in [0.2, 0.25) is 0 Å². The maximum absolute atomic E-state index is 13.3. The summed E-state index contributed by atoms with van der Waals surface area (Å²) >= 11 is 0. The second-order valence-electron chi connectivity index (χ2n) is 7.43. The van der Waals surface area contributed by atoms with Crippen LogP contribution in [0.15, 0.2) is 54.1 Å². The molecule has 0 bridgehead atoms. The molecule has 0 spiro atoms. The van der Waals surface area contributed by atoms with Crippen molar-refractivity contribution >= 4 is 17.4 Å². The summed E-state index contributed by atoms with van der Waals surface area (Å²) in [6, 6.07) is 11.5. The molecule has 1 N–H and O–H groups in total. The van der Waals surface area contributed by atoms with Crippen molar-refractivity contribution in [1.29, 1.82) is 0 Å². The van der Waals surface area contributed by atoms with Gasteiger partial charge in [-0.3, -0.25) is 9.59 Å². The summed E-state index contributed by atoms with van der Waals surface area (Å²) in [7, 11) is 5.40. The molecule has 30 heavy (non-hydrogen) atoms. The molecule has 1 fully saturated rings. The number of nitrogens with zero attached hydrogens (tertiary/aromatic N) is 2. The molecule has 2 aromatic carbocycles. The quantitative estimate of drug-likeness (QED) is 0.430. The fourth-order valence-electron chi connectivity index (χ4n) is 3.59. The summed E-state index contributed by atoms with van der Waals surface area (Å²) < 4.78 is 18.6. The van der Waals surface area contributed by atoms with Crippen LogP contribution >= 0.6 is 0 Å². The lowest BCUT2D eigenvalue weighted by atomic mass is 9.95. The van der Waals surface area contributed by atoms with Gasteiger partial charge in [-0.2, -0.15) is 0 Å². The van der Waals surface area contributed by atoms with Crippen molar-refractivity contribution in [2.24, 2.45) is 0 Å². The van der Waals surface area contributed by atoms with Gasteiger partial charge in [0, 0.05) is 12.1 Å². The average molecular weight is 412 g/mol. The van der Waals surface area contributed by atoms with Gasteiger partial charge in [0.25, 0.3) is 11.7 Å². The molecule has 0 aromatic heterocycles. The average Bonchev–Trinajstić information content (AvgIpc) is 2.98. The van der Waals surface area contributed by atoms with E-state index in [1.54, 1.807) is 24.3 Å². The number of Topliss-reactive ketones (excluding diaryl/α,β-unsaturated/α-hetero) is 1. The number of halogens is 1. The van der Waals surface area contributed by atoms with E-state index in [-0.39, 0.29) is 16.9 Å². The van der Waals surface area contributed by atoms with Crippen molar-refractivity contribution in [3.63, 3.8) is 0 Å². The van der Waals surface area contributed by atoms with E-state index in [1.165, 1.54) is 36.3 Å². The largest absolute Gasteiger partial charge is 0.507 e. The number of methoxy groups -OCH3 is 1. The molecule has 158 valence electrons. The van der Waals surface area contributed by atoms with Crippen LogP contribution in [0.3, 0.4) is 0 Å². The Bertz CT molecular complexity index is 969. The minimum atomic E-state index is -0.757. The van der Waals surface area contributed by atoms with Crippen LogP contribution in [0.5, 0.6) is 5.75 Å². The van der Waals surface area contributed by atoms with Crippen molar-refractivity contribution in [3.05, 3.63) is 71.0 Å². The van der Waals surface area contributed by atoms with Crippen molar-refractivity contribution in [2.75, 3.05) is 34.3 Å². The molecule has 0 radical (unpaired) electrons. The molecular weight excluding hydrogens is 387 g/mol. The van der Waals surface area contributed by atoms with Crippen LogP contribution in [0.1, 0.15) is 23.6 Å². The third-order valence-electron chi connectivity index (χ3n) is 5.07. The van der Waals surface area contributed by atoms with Gasteiger partial charge in [0.05, 0.1) is 18.7 Å². The molecule has 1 atom stereocenters. The van der Waals surface area contributed by atoms with Gasteiger partial charge in [-0.15, -0.1) is 0 Å². The van der Waals surface area contributed by atoms with Crippen LogP contribution in [0.2, 0.25) is 0 Å². The van der Waals surface area contributed by atoms with Crippen LogP contribution in [0.4, 0.5) is 4.39 Å². The van der Waals surface area contributed by atoms with E-state index in [0.29, 0.717) is 24.3 Å². The van der Waals surface area contributed by atoms with E-state index in [0.717, 1.165) is 6.54 Å². The molecule has 3 rings (SSSR count). The van der Waals surface area contributed by atoms with Crippen molar-refractivity contribution in [2.45, 2.75) is 12.5 Å². The van der Waals surface area contributed by atoms with Crippen molar-refractivity contribution in [1.82, 2.24) is 9.80 Å². The molecule has 1 aliphatic heterocycles. The summed E-state index contributed by atoms with van der Waals surface area (Å²) in [5, 5.41) is 10.9. The van der Waals surface area contributed by atoms with Crippen molar-refractivity contribution in [3.8, 4) is 5.75 Å². The number of aliphatic hydroxyl groups excluding tert-OH is 1. The Morgan fingerprint density at radius 3 is 2.50 bits per heavy atom. The number of carbonyl (C=O) groups is 2. The summed E-state index contributed by atoms with van der Waals surface area (Å²) in [6.07, 6.45) is 0.664. The van der Waals surface area contributed by atoms with E-state index in [9.17, 15) is 19.1 Å². The minimum absolute atomic E-state index is 0.00952. The molecule has 0 unspecified atom stereocenters. The minimum Gasteiger partial charge on any atom is -0.507 e. The number of rotatable bonds is 7. The number of ether oxygens (including phenoxy) is 1. The first-order valence-corrected chi connectivity index (χ1v) is 9.66. The number of likely N-dealkylation sites (tertiary alicyclic amines) is 1. The Hall–Kier alpha value is -3.19. The fourth-order valence-corrected chi connectivity index (χ4v) is 3.59. The van der Waals surface area contributed by atoms with Gasteiger partial charge in [-0.25, -0.2) is 4.39 Å². The summed E-state index contributed by atoms with van der Waals surface area (Å²) in [6.45, 7) is 1.09. The zero-order valence-electron chi connectivity index (χ0n) is 17.3. The van der Waals surface area contributed by atoms with Crippen LogP contribution in [-0.4, -0.2) is 60.9 Å². The molecule has 6 nitrogen and oxygen atoms in total. The predicted molar refractivity (Wildman–Crippen MR) is 112 cm³/mol. The number of carbonyl (C=O) groups excluding carboxylic acids is 2. The van der Waals surface area contributed by atoms with E-state index in [1.807, 2.05) is 19.0 Å². The Morgan fingerprint density at radius 1 is 1.17 bits per heavy atom. The lowest BCUT2D eigenvalue weighted by Crippen LogP contribution is -2.32. The Balaban J connectivity index is 2.10. The molecule has 2 aromatic rings. The molecule has 1 amide bonds. The molecular formula is C23H25FN2O4. The maximum Gasteiger partial charge on any atom is 0.295 e. The van der Waals surface area contributed by atoms with E-state index in [2.05, 4.69) is 0 Å². The van der Waals surface area contributed by atoms with Gasteiger partial charge in [0.1, 0.15) is 17.3 Å². The predicted octanol–water partition coefficient (Wildman–Crippen LogP) is 3.21. The van der Waals surface area contributed by atoms with Gasteiger partial charge in [-0.05, 0) is 69.0 Å². The molecule has 7 heteroatoms. The van der Waals surface area contributed by atoms with Gasteiger partial charge >= 0.3 is 0 Å². The molecule has 0 saturated carbocycles. The van der Waals surface area contributed by atoms with Gasteiger partial charge in [0.15, 0.2) is 0 Å². The zero-order chi connectivity index (χ0) is 21.8. The second kappa shape index (κ2) is 9.09. The molecule has 1 saturated heterocycles. The highest BCUT2D eigenvalue weighted by molar-refractivity contribution is 6.46. The lowest BCUT2D eigenvalue weighted by molar-refractivity contribution is -0.139. The highest BCUT2D eigenvalue weighted by atomic mass is 19.1. The van der Waals surface area contributed by atoms with E-state index < -0.39 is 23.5 Å². The zero-order valence-corrected chi connectivity index (χ0v) is 17.3. The number of aliphatic hydroxyl groups is 1. The van der Waals surface area contributed by atoms with Crippen molar-refractivity contribution < 1.29 is 23.8 Å². The number of hydrogen-bond donors (Lipinski definition) is 1. The van der Waals surface area contributed by atoms with Gasteiger partial charge in [-0.1, -0.05) is 12.1 Å². The smallest absolute Gasteiger partial charge is 0.295 e. The third-order valence-corrected chi connectivity index (χ3v) is 5.07. The highest BCUT2D eigenvalue weighted by Crippen LogP contribution is 2.40. The fraction of sp³-hybridized carbons (Fsp3) is 0.304. The van der Waals surface area contributed by atoms with Gasteiger partial charge < -0.3 is 19.6 Å². The number of hydrogen-bond acceptors (Lipinski definition) is 5. The van der Waals surface area contributed by atoms with Crippen LogP contribution in [0, 0.1) is 5.82 Å². The Kier molecular flexibility index (Phi) is 6.52. The first kappa shape index (κ1) is 21.5. The van der Waals surface area contributed by atoms with Crippen LogP contribution in [0.25, 0.3) is 5.76 Å². The normalized spacial score (nSPS) is 18.3. The first-order chi connectivity index (χ1) is 14.3. The third kappa shape index (κ3) is 4.36. The van der Waals surface area contributed by atoms with E-state index >= 15 is 0 Å². The first-order valence-electron chi connectivity index (χ1n) is 9.66. The summed E-state index contributed by atoms with van der Waals surface area (Å²) in [5.41, 5.74) is 0.919. The Morgan fingerprint density at radius 2 is 1.87 bits per heavy atom. The topological polar surface area (TPSA) is 70.1 Å².